The maximum Gasteiger partial charge on any atom is 0.115 e. The Labute approximate surface area is 152 Å². The van der Waals surface area contributed by atoms with Crippen molar-refractivity contribution in [2.75, 3.05) is 0 Å². The highest BCUT2D eigenvalue weighted by molar-refractivity contribution is 5.81. The lowest BCUT2D eigenvalue weighted by Crippen LogP contribution is -2.16. The number of nitrogens with one attached hydrogen (secondary N) is 1. The summed E-state index contributed by atoms with van der Waals surface area (Å²) in [5.74, 6) is 2.89. The third-order valence-electron chi connectivity index (χ3n) is 3.37. The molecule has 0 radical (unpaired) electrons. The second-order valence-electron chi connectivity index (χ2n) is 5.13. The van der Waals surface area contributed by atoms with Gasteiger partial charge in [-0.05, 0) is 44.5 Å². The average Bonchev–Trinajstić information content (AvgIpc) is 2.63. The van der Waals surface area contributed by atoms with Crippen LogP contribution < -0.4 is 5.32 Å². The molecule has 0 atom stereocenters. The second kappa shape index (κ2) is 11.4. The van der Waals surface area contributed by atoms with E-state index in [4.69, 9.17) is 6.42 Å². The molecule has 0 saturated carbocycles. The van der Waals surface area contributed by atoms with Gasteiger partial charge in [-0.1, -0.05) is 48.9 Å². The Hall–Kier alpha value is -3.18. The van der Waals surface area contributed by atoms with Gasteiger partial charge >= 0.3 is 0 Å². The SMILES string of the molecule is C#C/C(C=C)=C(NC(C=C)=C(C)C)/C(=C\C)c1ccc(O)cc1.C=C. The van der Waals surface area contributed by atoms with Crippen LogP contribution in [0.25, 0.3) is 5.57 Å². The van der Waals surface area contributed by atoms with Gasteiger partial charge < -0.3 is 10.4 Å². The maximum absolute atomic E-state index is 9.49. The molecular weight excluding hydrogens is 306 g/mol. The Bertz CT molecular complexity index is 733. The van der Waals surface area contributed by atoms with Crippen LogP contribution in [0.15, 0.2) is 91.3 Å². The maximum atomic E-state index is 9.49. The zero-order chi connectivity index (χ0) is 19.4. The van der Waals surface area contributed by atoms with Gasteiger partial charge in [-0.25, -0.2) is 0 Å². The van der Waals surface area contributed by atoms with E-state index in [2.05, 4.69) is 37.6 Å². The minimum Gasteiger partial charge on any atom is -0.508 e. The third kappa shape index (κ3) is 6.08. The van der Waals surface area contributed by atoms with Crippen molar-refractivity contribution < 1.29 is 5.11 Å². The quantitative estimate of drug-likeness (QED) is 0.395. The summed E-state index contributed by atoms with van der Waals surface area (Å²) in [4.78, 5) is 0. The Morgan fingerprint density at radius 3 is 2.04 bits per heavy atom. The van der Waals surface area contributed by atoms with Crippen LogP contribution in [0.2, 0.25) is 0 Å². The van der Waals surface area contributed by atoms with Crippen LogP contribution in [0.4, 0.5) is 0 Å². The van der Waals surface area contributed by atoms with Crippen molar-refractivity contribution in [3.05, 3.63) is 96.9 Å². The molecule has 0 saturated heterocycles. The van der Waals surface area contributed by atoms with Crippen molar-refractivity contribution in [1.82, 2.24) is 5.32 Å². The first-order valence-electron chi connectivity index (χ1n) is 7.84. The molecule has 0 aliphatic carbocycles. The molecule has 0 aliphatic heterocycles. The summed E-state index contributed by atoms with van der Waals surface area (Å²) in [5, 5.41) is 12.9. The molecule has 130 valence electrons. The van der Waals surface area contributed by atoms with Crippen LogP contribution in [0, 0.1) is 12.3 Å². The van der Waals surface area contributed by atoms with Crippen molar-refractivity contribution in [3.63, 3.8) is 0 Å². The van der Waals surface area contributed by atoms with E-state index in [1.54, 1.807) is 24.3 Å². The number of terminal acetylenes is 1. The molecular formula is C23H27NO. The van der Waals surface area contributed by atoms with Crippen molar-refractivity contribution >= 4 is 5.57 Å². The summed E-state index contributed by atoms with van der Waals surface area (Å²) in [6.45, 7) is 19.6. The van der Waals surface area contributed by atoms with E-state index in [-0.39, 0.29) is 5.75 Å². The fourth-order valence-corrected chi connectivity index (χ4v) is 2.12. The van der Waals surface area contributed by atoms with Gasteiger partial charge in [-0.3, -0.25) is 0 Å². The number of aromatic hydroxyl groups is 1. The first-order chi connectivity index (χ1) is 12.0. The van der Waals surface area contributed by atoms with Gasteiger partial charge in [0.15, 0.2) is 0 Å². The topological polar surface area (TPSA) is 32.3 Å². The van der Waals surface area contributed by atoms with Crippen molar-refractivity contribution in [3.8, 4) is 18.1 Å². The Kier molecular flexibility index (Phi) is 9.92. The van der Waals surface area contributed by atoms with Crippen molar-refractivity contribution in [2.24, 2.45) is 0 Å². The van der Waals surface area contributed by atoms with E-state index in [9.17, 15) is 5.11 Å². The van der Waals surface area contributed by atoms with E-state index in [0.717, 1.165) is 28.1 Å². The first-order valence-corrected chi connectivity index (χ1v) is 7.84. The lowest BCUT2D eigenvalue weighted by Gasteiger charge is -2.18. The van der Waals surface area contributed by atoms with Gasteiger partial charge in [0.05, 0.1) is 5.70 Å². The van der Waals surface area contributed by atoms with Gasteiger partial charge in [0.25, 0.3) is 0 Å². The van der Waals surface area contributed by atoms with Crippen molar-refractivity contribution in [1.29, 1.82) is 0 Å². The van der Waals surface area contributed by atoms with Crippen LogP contribution in [0.3, 0.4) is 0 Å². The number of phenols is 1. The van der Waals surface area contributed by atoms with Gasteiger partial charge in [-0.15, -0.1) is 19.6 Å². The standard InChI is InChI=1S/C21H23NO.C2H4/c1-7-16(8-2)21(22-20(10-4)15(5)6)19(9-3)17-11-13-18(23)14-12-17;1-2/h1,8-14,22-23H,2,4H2,3,5-6H3;1-2H2/b19-9-,21-16+;. The smallest absolute Gasteiger partial charge is 0.115 e. The van der Waals surface area contributed by atoms with Gasteiger partial charge in [0.2, 0.25) is 0 Å². The Balaban J connectivity index is 0.00000277. The van der Waals surface area contributed by atoms with Crippen LogP contribution in [0.1, 0.15) is 26.3 Å². The zero-order valence-electron chi connectivity index (χ0n) is 15.4. The van der Waals surface area contributed by atoms with Crippen LogP contribution in [-0.2, 0) is 0 Å². The Morgan fingerprint density at radius 2 is 1.68 bits per heavy atom. The number of hydrogen-bond acceptors (Lipinski definition) is 2. The van der Waals surface area contributed by atoms with Crippen LogP contribution in [0.5, 0.6) is 5.75 Å². The summed E-state index contributed by atoms with van der Waals surface area (Å²) < 4.78 is 0. The second-order valence-corrected chi connectivity index (χ2v) is 5.13. The third-order valence-corrected chi connectivity index (χ3v) is 3.37. The molecule has 1 aromatic rings. The molecule has 0 amide bonds. The zero-order valence-corrected chi connectivity index (χ0v) is 15.4. The molecule has 0 aromatic heterocycles. The number of phenolic OH excluding ortho intramolecular Hbond substituents is 1. The number of benzene rings is 1. The van der Waals surface area contributed by atoms with E-state index in [1.165, 1.54) is 0 Å². The largest absolute Gasteiger partial charge is 0.508 e. The fourth-order valence-electron chi connectivity index (χ4n) is 2.12. The number of allylic oxidation sites excluding steroid dienone is 6. The lowest BCUT2D eigenvalue weighted by atomic mass is 9.98. The first kappa shape index (κ1) is 21.8. The molecule has 1 aromatic carbocycles. The predicted molar refractivity (Wildman–Crippen MR) is 111 cm³/mol. The molecule has 2 N–H and O–H groups in total. The average molecular weight is 333 g/mol. The van der Waals surface area contributed by atoms with Gasteiger partial charge in [-0.2, -0.15) is 0 Å². The molecule has 0 fully saturated rings. The van der Waals surface area contributed by atoms with Crippen molar-refractivity contribution in [2.45, 2.75) is 20.8 Å². The summed E-state index contributed by atoms with van der Waals surface area (Å²) >= 11 is 0. The minimum atomic E-state index is 0.222. The predicted octanol–water partition coefficient (Wildman–Crippen LogP) is 5.74. The minimum absolute atomic E-state index is 0.222. The molecule has 0 aliphatic rings. The lowest BCUT2D eigenvalue weighted by molar-refractivity contribution is 0.475. The molecule has 25 heavy (non-hydrogen) atoms. The van der Waals surface area contributed by atoms with E-state index in [0.29, 0.717) is 5.57 Å². The fraction of sp³-hybridized carbons (Fsp3) is 0.130. The number of hydrogen-bond donors (Lipinski definition) is 2. The molecule has 0 bridgehead atoms. The van der Waals surface area contributed by atoms with E-state index < -0.39 is 0 Å². The highest BCUT2D eigenvalue weighted by atomic mass is 16.3. The molecule has 0 spiro atoms. The van der Waals surface area contributed by atoms with E-state index >= 15 is 0 Å². The van der Waals surface area contributed by atoms with E-state index in [1.807, 2.05) is 39.0 Å². The van der Waals surface area contributed by atoms with Gasteiger partial charge in [0, 0.05) is 16.8 Å². The number of rotatable bonds is 6. The summed E-state index contributed by atoms with van der Waals surface area (Å²) in [7, 11) is 0. The summed E-state index contributed by atoms with van der Waals surface area (Å²) in [6, 6.07) is 6.99. The molecule has 2 heteroatoms. The monoisotopic (exact) mass is 333 g/mol. The van der Waals surface area contributed by atoms with Crippen LogP contribution in [-0.4, -0.2) is 5.11 Å². The molecule has 1 rings (SSSR count). The summed E-state index contributed by atoms with van der Waals surface area (Å²) in [6.07, 6.45) is 11.0. The van der Waals surface area contributed by atoms with Gasteiger partial charge in [0.1, 0.15) is 5.75 Å². The highest BCUT2D eigenvalue weighted by Gasteiger charge is 2.12. The highest BCUT2D eigenvalue weighted by Crippen LogP contribution is 2.27. The Morgan fingerprint density at radius 1 is 1.12 bits per heavy atom. The summed E-state index contributed by atoms with van der Waals surface area (Å²) in [5.41, 5.74) is 5.31. The molecule has 2 nitrogen and oxygen atoms in total. The normalized spacial score (nSPS) is 11.0. The molecule has 0 heterocycles. The van der Waals surface area contributed by atoms with Crippen LogP contribution >= 0.6 is 0 Å². The molecule has 0 unspecified atom stereocenters.